The zero-order valence-electron chi connectivity index (χ0n) is 16.2. The molecule has 1 fully saturated rings. The molecule has 2 aromatic rings. The molecule has 2 aliphatic heterocycles. The lowest BCUT2D eigenvalue weighted by molar-refractivity contribution is -0.139. The van der Waals surface area contributed by atoms with Crippen molar-refractivity contribution in [3.8, 4) is 0 Å². The lowest BCUT2D eigenvalue weighted by Gasteiger charge is -2.36. The molecule has 3 heterocycles. The Morgan fingerprint density at radius 1 is 1.36 bits per heavy atom. The predicted molar refractivity (Wildman–Crippen MR) is 103 cm³/mol. The van der Waals surface area contributed by atoms with Crippen LogP contribution in [0.3, 0.4) is 0 Å². The molecule has 4 amide bonds. The van der Waals surface area contributed by atoms with Crippen LogP contribution in [0, 0.1) is 0 Å². The average Bonchev–Trinajstić information content (AvgIpc) is 3.16. The number of urea groups is 1. The molecular formula is C20H24N4O4. The first-order valence-electron chi connectivity index (χ1n) is 9.43. The Kier molecular flexibility index (Phi) is 4.38. The van der Waals surface area contributed by atoms with Crippen molar-refractivity contribution in [3.05, 3.63) is 35.5 Å². The lowest BCUT2D eigenvalue weighted by atomic mass is 9.87. The second-order valence-electron chi connectivity index (χ2n) is 7.42. The summed E-state index contributed by atoms with van der Waals surface area (Å²) >= 11 is 0. The minimum Gasteiger partial charge on any atom is -0.383 e. The fraction of sp³-hybridized carbons (Fsp3) is 0.450. The van der Waals surface area contributed by atoms with Crippen molar-refractivity contribution >= 4 is 28.7 Å². The van der Waals surface area contributed by atoms with Crippen LogP contribution in [0.25, 0.3) is 10.9 Å². The van der Waals surface area contributed by atoms with Crippen LogP contribution in [0.2, 0.25) is 0 Å². The molecule has 0 aliphatic carbocycles. The minimum atomic E-state index is -1.13. The third-order valence-electron chi connectivity index (χ3n) is 5.87. The summed E-state index contributed by atoms with van der Waals surface area (Å²) in [6.45, 7) is 4.46. The zero-order valence-corrected chi connectivity index (χ0v) is 16.2. The Hall–Kier alpha value is -2.87. The van der Waals surface area contributed by atoms with E-state index in [1.807, 2.05) is 24.3 Å². The van der Waals surface area contributed by atoms with E-state index >= 15 is 0 Å². The summed E-state index contributed by atoms with van der Waals surface area (Å²) in [5, 5.41) is 3.77. The van der Waals surface area contributed by atoms with Gasteiger partial charge in [0.25, 0.3) is 5.91 Å². The fourth-order valence-corrected chi connectivity index (χ4v) is 4.30. The third-order valence-corrected chi connectivity index (χ3v) is 5.87. The minimum absolute atomic E-state index is 0.322. The highest BCUT2D eigenvalue weighted by atomic mass is 16.5. The van der Waals surface area contributed by atoms with Crippen LogP contribution in [0.1, 0.15) is 25.1 Å². The van der Waals surface area contributed by atoms with Crippen LogP contribution < -0.4 is 5.32 Å². The Bertz CT molecular complexity index is 968. The van der Waals surface area contributed by atoms with E-state index in [4.69, 9.17) is 4.74 Å². The van der Waals surface area contributed by atoms with Crippen molar-refractivity contribution in [2.75, 3.05) is 26.8 Å². The first kappa shape index (κ1) is 18.5. The first-order valence-corrected chi connectivity index (χ1v) is 9.43. The van der Waals surface area contributed by atoms with Crippen LogP contribution in [-0.4, -0.2) is 65.5 Å². The number of imide groups is 1. The number of rotatable bonds is 5. The van der Waals surface area contributed by atoms with Crippen LogP contribution >= 0.6 is 0 Å². The molecule has 2 aliphatic rings. The van der Waals surface area contributed by atoms with Gasteiger partial charge in [0, 0.05) is 31.1 Å². The van der Waals surface area contributed by atoms with E-state index in [9.17, 15) is 14.4 Å². The molecule has 4 rings (SSSR count). The lowest BCUT2D eigenvalue weighted by Crippen LogP contribution is -2.50. The van der Waals surface area contributed by atoms with Crippen LogP contribution in [0.4, 0.5) is 4.79 Å². The maximum absolute atomic E-state index is 13.4. The average molecular weight is 384 g/mol. The van der Waals surface area contributed by atoms with Gasteiger partial charge in [-0.05, 0) is 31.9 Å². The Labute approximate surface area is 162 Å². The van der Waals surface area contributed by atoms with Gasteiger partial charge in [0.05, 0.1) is 12.3 Å². The van der Waals surface area contributed by atoms with Gasteiger partial charge in [-0.1, -0.05) is 18.2 Å². The number of amides is 4. The van der Waals surface area contributed by atoms with E-state index in [1.54, 1.807) is 25.9 Å². The fourth-order valence-electron chi connectivity index (χ4n) is 4.30. The van der Waals surface area contributed by atoms with Crippen LogP contribution in [0.5, 0.6) is 0 Å². The molecule has 1 saturated heterocycles. The number of methoxy groups -OCH3 is 1. The smallest absolute Gasteiger partial charge is 0.328 e. The number of aromatic nitrogens is 1. The van der Waals surface area contributed by atoms with E-state index in [0.29, 0.717) is 26.1 Å². The standard InChI is InChI=1S/C20H24N4O4/c1-12(17(25)21-9-11-28-3)24-18(26)20(2)16-14(8-10-23(20)19(24)27)13-6-4-5-7-15(13)22-16/h4-7,12,22H,8-11H2,1-3H3,(H,21,25)/t12-,20+/m0/s1. The number of hydrogen-bond acceptors (Lipinski definition) is 4. The number of H-pyrrole nitrogens is 1. The summed E-state index contributed by atoms with van der Waals surface area (Å²) in [7, 11) is 1.54. The molecular weight excluding hydrogens is 360 g/mol. The molecule has 2 N–H and O–H groups in total. The number of carbonyl (C=O) groups excluding carboxylic acids is 3. The van der Waals surface area contributed by atoms with E-state index in [1.165, 1.54) is 0 Å². The molecule has 148 valence electrons. The quantitative estimate of drug-likeness (QED) is 0.601. The highest BCUT2D eigenvalue weighted by Crippen LogP contribution is 2.44. The van der Waals surface area contributed by atoms with E-state index in [0.717, 1.165) is 27.1 Å². The highest BCUT2D eigenvalue weighted by molar-refractivity contribution is 6.10. The van der Waals surface area contributed by atoms with Crippen molar-refractivity contribution in [3.63, 3.8) is 0 Å². The van der Waals surface area contributed by atoms with Gasteiger partial charge in [-0.3, -0.25) is 9.59 Å². The van der Waals surface area contributed by atoms with Crippen molar-refractivity contribution < 1.29 is 19.1 Å². The molecule has 2 atom stereocenters. The summed E-state index contributed by atoms with van der Waals surface area (Å²) in [4.78, 5) is 45.0. The molecule has 0 spiro atoms. The number of carbonyl (C=O) groups is 3. The van der Waals surface area contributed by atoms with Gasteiger partial charge in [-0.15, -0.1) is 0 Å². The molecule has 0 unspecified atom stereocenters. The summed E-state index contributed by atoms with van der Waals surface area (Å²) in [5.41, 5.74) is 1.62. The number of fused-ring (bicyclic) bond motifs is 5. The van der Waals surface area contributed by atoms with Crippen molar-refractivity contribution in [2.45, 2.75) is 31.8 Å². The molecule has 0 radical (unpaired) electrons. The molecule has 0 saturated carbocycles. The second kappa shape index (κ2) is 6.63. The van der Waals surface area contributed by atoms with E-state index in [-0.39, 0.29) is 11.8 Å². The SMILES string of the molecule is COCCNC(=O)[C@H](C)N1C(=O)N2CCc3c([nH]c4ccccc34)[C@]2(C)C1=O. The van der Waals surface area contributed by atoms with Crippen molar-refractivity contribution in [1.29, 1.82) is 0 Å². The highest BCUT2D eigenvalue weighted by Gasteiger charge is 2.60. The van der Waals surface area contributed by atoms with Gasteiger partial charge < -0.3 is 19.9 Å². The summed E-state index contributed by atoms with van der Waals surface area (Å²) < 4.78 is 4.93. The maximum atomic E-state index is 13.4. The maximum Gasteiger partial charge on any atom is 0.328 e. The molecule has 8 nitrogen and oxygen atoms in total. The number of nitrogens with zero attached hydrogens (tertiary/aromatic N) is 2. The molecule has 28 heavy (non-hydrogen) atoms. The van der Waals surface area contributed by atoms with Gasteiger partial charge >= 0.3 is 6.03 Å². The molecule has 0 bridgehead atoms. The third kappa shape index (κ3) is 2.44. The number of nitrogens with one attached hydrogen (secondary N) is 2. The Morgan fingerprint density at radius 2 is 2.11 bits per heavy atom. The van der Waals surface area contributed by atoms with Crippen LogP contribution in [-0.2, 0) is 26.3 Å². The van der Waals surface area contributed by atoms with Gasteiger partial charge in [0.15, 0.2) is 5.54 Å². The zero-order chi connectivity index (χ0) is 20.1. The molecule has 1 aromatic heterocycles. The number of benzene rings is 1. The van der Waals surface area contributed by atoms with Gasteiger partial charge in [-0.2, -0.15) is 0 Å². The monoisotopic (exact) mass is 384 g/mol. The number of para-hydroxylation sites is 1. The number of aromatic amines is 1. The Morgan fingerprint density at radius 3 is 2.86 bits per heavy atom. The molecule has 8 heteroatoms. The normalized spacial score (nSPS) is 22.4. The largest absolute Gasteiger partial charge is 0.383 e. The topological polar surface area (TPSA) is 94.7 Å². The molecule has 1 aromatic carbocycles. The van der Waals surface area contributed by atoms with Crippen LogP contribution in [0.15, 0.2) is 24.3 Å². The number of hydrogen-bond donors (Lipinski definition) is 2. The van der Waals surface area contributed by atoms with Gasteiger partial charge in [0.2, 0.25) is 5.91 Å². The first-order chi connectivity index (χ1) is 13.4. The second-order valence-corrected chi connectivity index (χ2v) is 7.42. The summed E-state index contributed by atoms with van der Waals surface area (Å²) in [5.74, 6) is -0.751. The van der Waals surface area contributed by atoms with E-state index < -0.39 is 17.6 Å². The summed E-state index contributed by atoms with van der Waals surface area (Å²) in [6.07, 6.45) is 0.663. The van der Waals surface area contributed by atoms with Gasteiger partial charge in [-0.25, -0.2) is 9.69 Å². The summed E-state index contributed by atoms with van der Waals surface area (Å²) in [6, 6.07) is 6.56. The van der Waals surface area contributed by atoms with Crippen molar-refractivity contribution in [1.82, 2.24) is 20.1 Å². The van der Waals surface area contributed by atoms with Crippen molar-refractivity contribution in [2.24, 2.45) is 0 Å². The van der Waals surface area contributed by atoms with Gasteiger partial charge in [0.1, 0.15) is 6.04 Å². The Balaban J connectivity index is 1.70. The van der Waals surface area contributed by atoms with E-state index in [2.05, 4.69) is 10.3 Å². The number of ether oxygens (including phenoxy) is 1. The predicted octanol–water partition coefficient (Wildman–Crippen LogP) is 1.35.